The van der Waals surface area contributed by atoms with Crippen LogP contribution in [0.5, 0.6) is 0 Å². The summed E-state index contributed by atoms with van der Waals surface area (Å²) in [5, 5.41) is 9.50. The third-order valence-corrected chi connectivity index (χ3v) is 5.49. The maximum atomic E-state index is 12.9. The first-order chi connectivity index (χ1) is 13.6. The third kappa shape index (κ3) is 3.69. The summed E-state index contributed by atoms with van der Waals surface area (Å²) in [6.45, 7) is 2.08. The number of hydrogen-bond donors (Lipinski definition) is 1. The van der Waals surface area contributed by atoms with E-state index in [1.54, 1.807) is 30.5 Å². The summed E-state index contributed by atoms with van der Waals surface area (Å²) < 4.78 is 5.27. The average molecular weight is 410 g/mol. The molecule has 1 N–H and O–H groups in total. The molecule has 7 heteroatoms. The van der Waals surface area contributed by atoms with Crippen molar-refractivity contribution in [2.45, 2.75) is 13.5 Å². The van der Waals surface area contributed by atoms with E-state index in [4.69, 9.17) is 16.1 Å². The molecule has 3 aromatic heterocycles. The van der Waals surface area contributed by atoms with Crippen LogP contribution in [0.3, 0.4) is 0 Å². The summed E-state index contributed by atoms with van der Waals surface area (Å²) in [5.41, 5.74) is 3.34. The summed E-state index contributed by atoms with van der Waals surface area (Å²) in [6, 6.07) is 15.1. The van der Waals surface area contributed by atoms with Gasteiger partial charge in [0.2, 0.25) is 0 Å². The predicted octanol–water partition coefficient (Wildman–Crippen LogP) is 5.36. The number of thiophene rings is 1. The zero-order valence-corrected chi connectivity index (χ0v) is 16.6. The van der Waals surface area contributed by atoms with E-state index >= 15 is 0 Å². The van der Waals surface area contributed by atoms with Crippen molar-refractivity contribution >= 4 is 28.8 Å². The number of aryl methyl sites for hydroxylation is 1. The first-order valence-corrected chi connectivity index (χ1v) is 9.87. The lowest BCUT2D eigenvalue weighted by atomic mass is 10.1. The minimum absolute atomic E-state index is 0.261. The monoisotopic (exact) mass is 409 g/mol. The predicted molar refractivity (Wildman–Crippen MR) is 110 cm³/mol. The van der Waals surface area contributed by atoms with E-state index < -0.39 is 0 Å². The van der Waals surface area contributed by atoms with Gasteiger partial charge in [-0.1, -0.05) is 41.0 Å². The summed E-state index contributed by atoms with van der Waals surface area (Å²) >= 11 is 7.89. The van der Waals surface area contributed by atoms with Crippen LogP contribution in [0.15, 0.2) is 64.6 Å². The van der Waals surface area contributed by atoms with Crippen LogP contribution in [0.25, 0.3) is 21.8 Å². The molecule has 0 atom stereocenters. The molecule has 140 valence electrons. The van der Waals surface area contributed by atoms with E-state index in [9.17, 15) is 4.79 Å². The number of rotatable bonds is 5. The van der Waals surface area contributed by atoms with Gasteiger partial charge in [0.1, 0.15) is 17.0 Å². The molecule has 0 bridgehead atoms. The summed E-state index contributed by atoms with van der Waals surface area (Å²) in [5.74, 6) is 0.185. The SMILES string of the molecule is Cc1onc(-c2ccccc2Cl)c1C(=O)NCc1ccnc(-c2cccs2)c1. The van der Waals surface area contributed by atoms with Gasteiger partial charge in [-0.2, -0.15) is 0 Å². The van der Waals surface area contributed by atoms with Crippen LogP contribution in [0.2, 0.25) is 5.02 Å². The summed E-state index contributed by atoms with van der Waals surface area (Å²) in [4.78, 5) is 18.3. The number of pyridine rings is 1. The lowest BCUT2D eigenvalue weighted by molar-refractivity contribution is 0.0950. The van der Waals surface area contributed by atoms with Crippen molar-refractivity contribution in [1.82, 2.24) is 15.5 Å². The second-order valence-electron chi connectivity index (χ2n) is 6.15. The molecule has 4 rings (SSSR count). The fraction of sp³-hybridized carbons (Fsp3) is 0.0952. The number of amides is 1. The van der Waals surface area contributed by atoms with Crippen molar-refractivity contribution in [2.24, 2.45) is 0 Å². The Labute approximate surface area is 171 Å². The van der Waals surface area contributed by atoms with Crippen LogP contribution in [-0.2, 0) is 6.54 Å². The molecule has 28 heavy (non-hydrogen) atoms. The summed E-state index contributed by atoms with van der Waals surface area (Å²) in [6.07, 6.45) is 1.75. The van der Waals surface area contributed by atoms with Gasteiger partial charge in [0.25, 0.3) is 5.91 Å². The van der Waals surface area contributed by atoms with Crippen molar-refractivity contribution in [1.29, 1.82) is 0 Å². The van der Waals surface area contributed by atoms with Crippen molar-refractivity contribution in [3.63, 3.8) is 0 Å². The van der Waals surface area contributed by atoms with Crippen molar-refractivity contribution in [3.05, 3.63) is 82.0 Å². The van der Waals surface area contributed by atoms with Crippen LogP contribution < -0.4 is 5.32 Å². The number of aromatic nitrogens is 2. The van der Waals surface area contributed by atoms with Crippen LogP contribution >= 0.6 is 22.9 Å². The van der Waals surface area contributed by atoms with Gasteiger partial charge in [-0.05, 0) is 42.1 Å². The molecule has 5 nitrogen and oxygen atoms in total. The first kappa shape index (κ1) is 18.4. The number of nitrogens with one attached hydrogen (secondary N) is 1. The maximum Gasteiger partial charge on any atom is 0.257 e. The second-order valence-corrected chi connectivity index (χ2v) is 7.51. The molecule has 1 amide bonds. The fourth-order valence-electron chi connectivity index (χ4n) is 2.89. The van der Waals surface area contributed by atoms with Crippen LogP contribution in [0.1, 0.15) is 21.7 Å². The van der Waals surface area contributed by atoms with Gasteiger partial charge in [-0.15, -0.1) is 11.3 Å². The van der Waals surface area contributed by atoms with E-state index in [1.165, 1.54) is 0 Å². The van der Waals surface area contributed by atoms with E-state index in [2.05, 4.69) is 15.5 Å². The lowest BCUT2D eigenvalue weighted by Crippen LogP contribution is -2.23. The van der Waals surface area contributed by atoms with Crippen LogP contribution in [-0.4, -0.2) is 16.0 Å². The first-order valence-electron chi connectivity index (χ1n) is 8.61. The average Bonchev–Trinajstić information content (AvgIpc) is 3.37. The number of hydrogen-bond acceptors (Lipinski definition) is 5. The zero-order valence-electron chi connectivity index (χ0n) is 15.0. The van der Waals surface area contributed by atoms with Crippen molar-refractivity contribution in [2.75, 3.05) is 0 Å². The van der Waals surface area contributed by atoms with E-state index in [0.717, 1.165) is 16.1 Å². The highest BCUT2D eigenvalue weighted by Crippen LogP contribution is 2.31. The fourth-order valence-corrected chi connectivity index (χ4v) is 3.81. The Hall–Kier alpha value is -2.96. The van der Waals surface area contributed by atoms with Gasteiger partial charge in [0.15, 0.2) is 0 Å². The minimum atomic E-state index is -0.261. The number of halogens is 1. The van der Waals surface area contributed by atoms with Crippen LogP contribution in [0, 0.1) is 6.92 Å². The molecule has 0 fully saturated rings. The number of carbonyl (C=O) groups is 1. The number of benzene rings is 1. The topological polar surface area (TPSA) is 68.0 Å². The Morgan fingerprint density at radius 2 is 2.07 bits per heavy atom. The number of carbonyl (C=O) groups excluding carboxylic acids is 1. The Kier molecular flexibility index (Phi) is 5.23. The van der Waals surface area contributed by atoms with Gasteiger partial charge < -0.3 is 9.84 Å². The van der Waals surface area contributed by atoms with Gasteiger partial charge in [-0.25, -0.2) is 0 Å². The van der Waals surface area contributed by atoms with Crippen LogP contribution in [0.4, 0.5) is 0 Å². The molecule has 0 saturated carbocycles. The highest BCUT2D eigenvalue weighted by atomic mass is 35.5. The number of nitrogens with zero attached hydrogens (tertiary/aromatic N) is 2. The normalized spacial score (nSPS) is 10.8. The highest BCUT2D eigenvalue weighted by molar-refractivity contribution is 7.13. The Bertz CT molecular complexity index is 1120. The Morgan fingerprint density at radius 1 is 1.21 bits per heavy atom. The van der Waals surface area contributed by atoms with Gasteiger partial charge in [0, 0.05) is 18.3 Å². The lowest BCUT2D eigenvalue weighted by Gasteiger charge is -2.08. The third-order valence-electron chi connectivity index (χ3n) is 4.27. The second kappa shape index (κ2) is 7.96. The largest absolute Gasteiger partial charge is 0.360 e. The molecule has 3 heterocycles. The van der Waals surface area contributed by atoms with Crippen molar-refractivity contribution < 1.29 is 9.32 Å². The van der Waals surface area contributed by atoms with E-state index in [-0.39, 0.29) is 5.91 Å². The molecule has 0 aliphatic rings. The zero-order chi connectivity index (χ0) is 19.5. The van der Waals surface area contributed by atoms with Gasteiger partial charge in [0.05, 0.1) is 15.6 Å². The molecular weight excluding hydrogens is 394 g/mol. The molecule has 0 saturated heterocycles. The molecule has 0 spiro atoms. The van der Waals surface area contributed by atoms with Gasteiger partial charge >= 0.3 is 0 Å². The minimum Gasteiger partial charge on any atom is -0.360 e. The Balaban J connectivity index is 1.55. The molecule has 0 aliphatic heterocycles. The highest BCUT2D eigenvalue weighted by Gasteiger charge is 2.22. The van der Waals surface area contributed by atoms with Gasteiger partial charge in [-0.3, -0.25) is 9.78 Å². The Morgan fingerprint density at radius 3 is 2.86 bits per heavy atom. The molecule has 0 aliphatic carbocycles. The smallest absolute Gasteiger partial charge is 0.257 e. The summed E-state index contributed by atoms with van der Waals surface area (Å²) in [7, 11) is 0. The van der Waals surface area contributed by atoms with Crippen molar-refractivity contribution in [3.8, 4) is 21.8 Å². The molecule has 4 aromatic rings. The van der Waals surface area contributed by atoms with E-state index in [0.29, 0.717) is 34.1 Å². The molecule has 0 radical (unpaired) electrons. The van der Waals surface area contributed by atoms with E-state index in [1.807, 2.05) is 47.8 Å². The molecular formula is C21H16ClN3O2S. The molecule has 1 aromatic carbocycles. The quantitative estimate of drug-likeness (QED) is 0.482. The maximum absolute atomic E-state index is 12.9. The standard InChI is InChI=1S/C21H16ClN3O2S/c1-13-19(20(25-27-13)15-5-2-3-6-16(15)22)21(26)24-12-14-8-9-23-17(11-14)18-7-4-10-28-18/h2-11H,12H2,1H3,(H,24,26). The molecule has 0 unspecified atom stereocenters.